The lowest BCUT2D eigenvalue weighted by Gasteiger charge is -2.18. The van der Waals surface area contributed by atoms with Gasteiger partial charge in [-0.2, -0.15) is 18.4 Å². The lowest BCUT2D eigenvalue weighted by molar-refractivity contribution is 0.513. The molecular weight excluding hydrogens is 202 g/mol. The maximum Gasteiger partial charge on any atom is 0.278 e. The summed E-state index contributed by atoms with van der Waals surface area (Å²) >= 11 is 0. The number of nitrogens with zero attached hydrogens (tertiary/aromatic N) is 1. The lowest BCUT2D eigenvalue weighted by atomic mass is 10.1. The van der Waals surface area contributed by atoms with E-state index >= 15 is 0 Å². The van der Waals surface area contributed by atoms with Crippen molar-refractivity contribution in [3.8, 4) is 6.07 Å². The molecule has 0 saturated heterocycles. The third kappa shape index (κ3) is 5.91. The highest BCUT2D eigenvalue weighted by atomic mass is 32.2. The molecule has 0 aliphatic heterocycles. The first-order valence-electron chi connectivity index (χ1n) is 4.38. The van der Waals surface area contributed by atoms with Crippen LogP contribution in [0.5, 0.6) is 0 Å². The van der Waals surface area contributed by atoms with Gasteiger partial charge in [0.1, 0.15) is 5.54 Å². The number of nitriles is 1. The number of hydrogen-bond donors (Lipinski definition) is 2. The highest BCUT2D eigenvalue weighted by molar-refractivity contribution is 7.87. The van der Waals surface area contributed by atoms with Crippen LogP contribution in [0.3, 0.4) is 0 Å². The molecule has 82 valence electrons. The first kappa shape index (κ1) is 13.4. The fraction of sp³-hybridized carbons (Fsp3) is 0.875. The van der Waals surface area contributed by atoms with Gasteiger partial charge >= 0.3 is 0 Å². The Balaban J connectivity index is 4.31. The second kappa shape index (κ2) is 4.73. The molecule has 0 aromatic heterocycles. The van der Waals surface area contributed by atoms with E-state index in [1.807, 2.05) is 19.9 Å². The largest absolute Gasteiger partial charge is 0.278 e. The molecule has 0 atom stereocenters. The lowest BCUT2D eigenvalue weighted by Crippen LogP contribution is -2.48. The van der Waals surface area contributed by atoms with Crippen molar-refractivity contribution in [2.24, 2.45) is 5.92 Å². The van der Waals surface area contributed by atoms with Crippen molar-refractivity contribution in [3.63, 3.8) is 0 Å². The van der Waals surface area contributed by atoms with Crippen LogP contribution in [0.15, 0.2) is 0 Å². The average Bonchev–Trinajstić information content (AvgIpc) is 1.99. The zero-order valence-electron chi connectivity index (χ0n) is 8.96. The third-order valence-corrected chi connectivity index (χ3v) is 2.68. The molecule has 0 heterocycles. The van der Waals surface area contributed by atoms with Gasteiger partial charge in [0.2, 0.25) is 0 Å². The van der Waals surface area contributed by atoms with Gasteiger partial charge in [-0.25, -0.2) is 4.72 Å². The van der Waals surface area contributed by atoms with E-state index in [0.717, 1.165) is 0 Å². The van der Waals surface area contributed by atoms with Crippen molar-refractivity contribution < 1.29 is 8.42 Å². The maximum absolute atomic E-state index is 11.3. The van der Waals surface area contributed by atoms with Crippen LogP contribution in [-0.4, -0.2) is 20.5 Å². The summed E-state index contributed by atoms with van der Waals surface area (Å²) in [4.78, 5) is 0. The Kier molecular flexibility index (Phi) is 4.52. The average molecular weight is 219 g/mol. The normalized spacial score (nSPS) is 12.9. The van der Waals surface area contributed by atoms with Gasteiger partial charge in [0.05, 0.1) is 6.07 Å². The van der Waals surface area contributed by atoms with Crippen molar-refractivity contribution in [2.75, 3.05) is 6.54 Å². The molecule has 0 aromatic rings. The van der Waals surface area contributed by atoms with Crippen molar-refractivity contribution in [1.82, 2.24) is 9.44 Å². The second-order valence-electron chi connectivity index (χ2n) is 4.08. The third-order valence-electron chi connectivity index (χ3n) is 1.35. The first-order chi connectivity index (χ1) is 6.18. The summed E-state index contributed by atoms with van der Waals surface area (Å²) in [7, 11) is -3.57. The van der Waals surface area contributed by atoms with E-state index in [-0.39, 0.29) is 5.92 Å². The molecule has 14 heavy (non-hydrogen) atoms. The molecule has 5 nitrogen and oxygen atoms in total. The standard InChI is InChI=1S/C8H17N3O2S/c1-7(2)5-10-14(12,13)11-8(3,4)6-9/h7,10-11H,5H2,1-4H3. The minimum Gasteiger partial charge on any atom is -0.202 e. The molecule has 0 bridgehead atoms. The van der Waals surface area contributed by atoms with Gasteiger partial charge < -0.3 is 0 Å². The molecule has 0 aliphatic rings. The monoisotopic (exact) mass is 219 g/mol. The van der Waals surface area contributed by atoms with Gasteiger partial charge in [-0.3, -0.25) is 0 Å². The van der Waals surface area contributed by atoms with Gasteiger partial charge in [0.15, 0.2) is 0 Å². The highest BCUT2D eigenvalue weighted by Gasteiger charge is 2.23. The molecule has 0 spiro atoms. The highest BCUT2D eigenvalue weighted by Crippen LogP contribution is 2.01. The summed E-state index contributed by atoms with van der Waals surface area (Å²) < 4.78 is 27.3. The number of hydrogen-bond acceptors (Lipinski definition) is 3. The Morgan fingerprint density at radius 3 is 2.29 bits per heavy atom. The van der Waals surface area contributed by atoms with Gasteiger partial charge in [-0.15, -0.1) is 0 Å². The topological polar surface area (TPSA) is 82.0 Å². The molecule has 0 fully saturated rings. The smallest absolute Gasteiger partial charge is 0.202 e. The van der Waals surface area contributed by atoms with Crippen LogP contribution >= 0.6 is 0 Å². The van der Waals surface area contributed by atoms with Crippen molar-refractivity contribution in [1.29, 1.82) is 5.26 Å². The molecule has 0 radical (unpaired) electrons. The maximum atomic E-state index is 11.3. The van der Waals surface area contributed by atoms with E-state index in [1.165, 1.54) is 13.8 Å². The van der Waals surface area contributed by atoms with E-state index in [4.69, 9.17) is 5.26 Å². The fourth-order valence-corrected chi connectivity index (χ4v) is 2.01. The van der Waals surface area contributed by atoms with Crippen molar-refractivity contribution >= 4 is 10.2 Å². The molecule has 0 saturated carbocycles. The Morgan fingerprint density at radius 2 is 1.93 bits per heavy atom. The summed E-state index contributed by atoms with van der Waals surface area (Å²) in [6, 6.07) is 1.85. The number of nitrogens with one attached hydrogen (secondary N) is 2. The van der Waals surface area contributed by atoms with Gasteiger partial charge in [-0.05, 0) is 19.8 Å². The fourth-order valence-electron chi connectivity index (χ4n) is 0.671. The quantitative estimate of drug-likeness (QED) is 0.700. The Bertz CT molecular complexity index is 314. The SMILES string of the molecule is CC(C)CNS(=O)(=O)NC(C)(C)C#N. The predicted molar refractivity (Wildman–Crippen MR) is 54.6 cm³/mol. The molecule has 0 aliphatic carbocycles. The molecular formula is C8H17N3O2S. The van der Waals surface area contributed by atoms with E-state index in [1.54, 1.807) is 0 Å². The first-order valence-corrected chi connectivity index (χ1v) is 5.86. The molecule has 6 heteroatoms. The Morgan fingerprint density at radius 1 is 1.43 bits per heavy atom. The minimum atomic E-state index is -3.57. The molecule has 2 N–H and O–H groups in total. The van der Waals surface area contributed by atoms with Crippen molar-refractivity contribution in [3.05, 3.63) is 0 Å². The summed E-state index contributed by atoms with van der Waals surface area (Å²) in [5.74, 6) is 0.233. The van der Waals surface area contributed by atoms with Crippen molar-refractivity contribution in [2.45, 2.75) is 33.2 Å². The van der Waals surface area contributed by atoms with Crippen LogP contribution in [0.25, 0.3) is 0 Å². The van der Waals surface area contributed by atoms with Gasteiger partial charge in [0, 0.05) is 6.54 Å². The summed E-state index contributed by atoms with van der Waals surface area (Å²) in [5.41, 5.74) is -1.08. The molecule has 0 unspecified atom stereocenters. The van der Waals surface area contributed by atoms with Gasteiger partial charge in [-0.1, -0.05) is 13.8 Å². The van der Waals surface area contributed by atoms with Crippen LogP contribution in [0.4, 0.5) is 0 Å². The minimum absolute atomic E-state index is 0.233. The summed E-state index contributed by atoms with van der Waals surface area (Å²) in [6.07, 6.45) is 0. The molecule has 0 amide bonds. The molecule has 0 rings (SSSR count). The van der Waals surface area contributed by atoms with E-state index in [0.29, 0.717) is 6.54 Å². The van der Waals surface area contributed by atoms with E-state index < -0.39 is 15.7 Å². The van der Waals surface area contributed by atoms with E-state index in [9.17, 15) is 8.42 Å². The summed E-state index contributed by atoms with van der Waals surface area (Å²) in [5, 5.41) is 8.63. The predicted octanol–water partition coefficient (Wildman–Crippen LogP) is 0.369. The summed E-state index contributed by atoms with van der Waals surface area (Å²) in [6.45, 7) is 7.16. The zero-order valence-corrected chi connectivity index (χ0v) is 9.77. The Labute approximate surface area is 85.7 Å². The van der Waals surface area contributed by atoms with E-state index in [2.05, 4.69) is 9.44 Å². The molecule has 0 aromatic carbocycles. The van der Waals surface area contributed by atoms with Crippen LogP contribution in [0.2, 0.25) is 0 Å². The van der Waals surface area contributed by atoms with Crippen LogP contribution in [0, 0.1) is 17.2 Å². The van der Waals surface area contributed by atoms with Crippen LogP contribution < -0.4 is 9.44 Å². The number of rotatable bonds is 5. The van der Waals surface area contributed by atoms with Gasteiger partial charge in [0.25, 0.3) is 10.2 Å². The zero-order chi connectivity index (χ0) is 11.4. The second-order valence-corrected chi connectivity index (χ2v) is 5.58. The Hall–Kier alpha value is -0.640. The van der Waals surface area contributed by atoms with Crippen LogP contribution in [0.1, 0.15) is 27.7 Å². The van der Waals surface area contributed by atoms with Crippen LogP contribution in [-0.2, 0) is 10.2 Å².